The van der Waals surface area contributed by atoms with Crippen LogP contribution in [0.3, 0.4) is 0 Å². The van der Waals surface area contributed by atoms with Gasteiger partial charge in [-0.15, -0.1) is 0 Å². The molecule has 5 nitrogen and oxygen atoms in total. The van der Waals surface area contributed by atoms with E-state index < -0.39 is 13.2 Å². The molecule has 142 valence electrons. The van der Waals surface area contributed by atoms with E-state index in [0.29, 0.717) is 23.2 Å². The van der Waals surface area contributed by atoms with E-state index in [1.54, 1.807) is 43.5 Å². The van der Waals surface area contributed by atoms with Crippen LogP contribution in [0.2, 0.25) is 0 Å². The van der Waals surface area contributed by atoms with Crippen molar-refractivity contribution in [2.24, 2.45) is 0 Å². The molecule has 2 atom stereocenters. The maximum absolute atomic E-state index is 13.7. The topological polar surface area (TPSA) is 59.0 Å². The van der Waals surface area contributed by atoms with Gasteiger partial charge in [0.05, 0.1) is 13.7 Å². The maximum atomic E-state index is 13.7. The zero-order valence-corrected chi connectivity index (χ0v) is 16.8. The molecule has 0 saturated carbocycles. The van der Waals surface area contributed by atoms with Crippen LogP contribution < -0.4 is 14.9 Å². The van der Waals surface area contributed by atoms with Crippen LogP contribution in [-0.2, 0) is 9.09 Å². The summed E-state index contributed by atoms with van der Waals surface area (Å²) in [5, 5.41) is 11.4. The van der Waals surface area contributed by atoms with E-state index in [4.69, 9.17) is 9.26 Å². The Morgan fingerprint density at radius 2 is 1.69 bits per heavy atom. The van der Waals surface area contributed by atoms with Gasteiger partial charge >= 0.3 is 0 Å². The van der Waals surface area contributed by atoms with Crippen LogP contribution in [-0.4, -0.2) is 32.9 Å². The lowest BCUT2D eigenvalue weighted by molar-refractivity contribution is 0.212. The third-order valence-corrected chi connectivity index (χ3v) is 6.77. The van der Waals surface area contributed by atoms with Gasteiger partial charge in [-0.1, -0.05) is 25.5 Å². The number of aliphatic hydroxyl groups excluding tert-OH is 1. The Bertz CT molecular complexity index is 728. The Balaban J connectivity index is 2.37. The van der Waals surface area contributed by atoms with Crippen LogP contribution in [0.25, 0.3) is 0 Å². The van der Waals surface area contributed by atoms with Crippen LogP contribution in [0.15, 0.2) is 48.5 Å². The van der Waals surface area contributed by atoms with E-state index in [1.165, 1.54) is 0 Å². The molecule has 0 unspecified atom stereocenters. The highest BCUT2D eigenvalue weighted by molar-refractivity contribution is 7.67. The first-order valence-corrected chi connectivity index (χ1v) is 10.5. The normalized spacial score (nSPS) is 14.5. The fourth-order valence-electron chi connectivity index (χ4n) is 2.56. The molecule has 0 aliphatic heterocycles. The molecule has 0 aliphatic rings. The van der Waals surface area contributed by atoms with Crippen LogP contribution >= 0.6 is 7.37 Å². The van der Waals surface area contributed by atoms with Gasteiger partial charge in [-0.3, -0.25) is 4.57 Å². The van der Waals surface area contributed by atoms with Gasteiger partial charge in [-0.25, -0.2) is 0 Å². The minimum absolute atomic E-state index is 0.344. The first-order valence-electron chi connectivity index (χ1n) is 8.76. The van der Waals surface area contributed by atoms with Gasteiger partial charge in [0, 0.05) is 25.1 Å². The predicted octanol–water partition coefficient (Wildman–Crippen LogP) is 4.17. The molecule has 0 fully saturated rings. The van der Waals surface area contributed by atoms with Crippen LogP contribution in [0.4, 0.5) is 5.69 Å². The monoisotopic (exact) mass is 377 g/mol. The molecular formula is C20H28NO4P. The third-order valence-electron chi connectivity index (χ3n) is 4.24. The molecule has 0 aromatic heterocycles. The zero-order valence-electron chi connectivity index (χ0n) is 15.9. The summed E-state index contributed by atoms with van der Waals surface area (Å²) < 4.78 is 24.6. The minimum atomic E-state index is -3.49. The van der Waals surface area contributed by atoms with Crippen molar-refractivity contribution in [2.75, 3.05) is 32.7 Å². The second kappa shape index (κ2) is 9.22. The van der Waals surface area contributed by atoms with Crippen LogP contribution in [0.1, 0.15) is 31.2 Å². The smallest absolute Gasteiger partial charge is 0.264 e. The number of anilines is 1. The average molecular weight is 377 g/mol. The SMILES string of the molecule is CCCCO[P@@](=O)(c1ccc(N(C)C)cc1)[C@@H](O)c1ccc(OC)cc1. The summed E-state index contributed by atoms with van der Waals surface area (Å²) in [6.45, 7) is 2.39. The molecule has 6 heteroatoms. The van der Waals surface area contributed by atoms with E-state index in [-0.39, 0.29) is 0 Å². The highest BCUT2D eigenvalue weighted by Gasteiger charge is 2.36. The highest BCUT2D eigenvalue weighted by atomic mass is 31.2. The lowest BCUT2D eigenvalue weighted by atomic mass is 10.2. The van der Waals surface area contributed by atoms with E-state index in [0.717, 1.165) is 18.5 Å². The minimum Gasteiger partial charge on any atom is -0.497 e. The van der Waals surface area contributed by atoms with Gasteiger partial charge in [-0.2, -0.15) is 0 Å². The predicted molar refractivity (Wildman–Crippen MR) is 107 cm³/mol. The van der Waals surface area contributed by atoms with Crippen molar-refractivity contribution in [3.8, 4) is 5.75 Å². The molecule has 0 spiro atoms. The summed E-state index contributed by atoms with van der Waals surface area (Å²) in [4.78, 5) is 1.96. The summed E-state index contributed by atoms with van der Waals surface area (Å²) in [5.41, 5.74) is 1.54. The van der Waals surface area contributed by atoms with Crippen molar-refractivity contribution < 1.29 is 18.9 Å². The third kappa shape index (κ3) is 4.67. The molecule has 0 heterocycles. The molecule has 26 heavy (non-hydrogen) atoms. The average Bonchev–Trinajstić information content (AvgIpc) is 2.67. The molecular weight excluding hydrogens is 349 g/mol. The molecule has 0 radical (unpaired) electrons. The summed E-state index contributed by atoms with van der Waals surface area (Å²) in [5.74, 6) is -0.548. The summed E-state index contributed by atoms with van der Waals surface area (Å²) in [6, 6.07) is 14.2. The fourth-order valence-corrected chi connectivity index (χ4v) is 4.66. The fraction of sp³-hybridized carbons (Fsp3) is 0.400. The molecule has 2 rings (SSSR count). The largest absolute Gasteiger partial charge is 0.497 e. The molecule has 1 N–H and O–H groups in total. The zero-order chi connectivity index (χ0) is 19.2. The molecule has 0 bridgehead atoms. The maximum Gasteiger partial charge on any atom is 0.264 e. The van der Waals surface area contributed by atoms with Crippen LogP contribution in [0, 0.1) is 0 Å². The summed E-state index contributed by atoms with van der Waals surface area (Å²) in [7, 11) is 1.97. The van der Waals surface area contributed by atoms with Crippen LogP contribution in [0.5, 0.6) is 5.75 Å². The van der Waals surface area contributed by atoms with Gasteiger partial charge in [0.2, 0.25) is 0 Å². The Hall–Kier alpha value is -1.81. The van der Waals surface area contributed by atoms with E-state index in [2.05, 4.69) is 0 Å². The Kier molecular flexibility index (Phi) is 7.27. The Morgan fingerprint density at radius 3 is 2.19 bits per heavy atom. The number of rotatable bonds is 9. The molecule has 0 aliphatic carbocycles. The molecule has 2 aromatic rings. The van der Waals surface area contributed by atoms with Crippen molar-refractivity contribution in [1.29, 1.82) is 0 Å². The van der Waals surface area contributed by atoms with E-state index >= 15 is 0 Å². The lowest BCUT2D eigenvalue weighted by Crippen LogP contribution is -2.16. The van der Waals surface area contributed by atoms with Crippen molar-refractivity contribution in [3.63, 3.8) is 0 Å². The number of benzene rings is 2. The van der Waals surface area contributed by atoms with Gasteiger partial charge in [0.1, 0.15) is 5.75 Å². The Morgan fingerprint density at radius 1 is 1.08 bits per heavy atom. The number of hydrogen-bond donors (Lipinski definition) is 1. The van der Waals surface area contributed by atoms with Gasteiger partial charge in [0.25, 0.3) is 7.37 Å². The number of aliphatic hydroxyl groups is 1. The van der Waals surface area contributed by atoms with Crippen molar-refractivity contribution in [2.45, 2.75) is 25.6 Å². The highest BCUT2D eigenvalue weighted by Crippen LogP contribution is 2.57. The number of methoxy groups -OCH3 is 1. The van der Waals surface area contributed by atoms with Crippen molar-refractivity contribution >= 4 is 18.4 Å². The first kappa shape index (κ1) is 20.5. The first-order chi connectivity index (χ1) is 12.4. The second-order valence-electron chi connectivity index (χ2n) is 6.34. The molecule has 0 saturated heterocycles. The number of ether oxygens (including phenoxy) is 1. The number of nitrogens with zero attached hydrogens (tertiary/aromatic N) is 1. The van der Waals surface area contributed by atoms with Gasteiger partial charge < -0.3 is 19.3 Å². The molecule has 0 amide bonds. The van der Waals surface area contributed by atoms with E-state index in [9.17, 15) is 9.67 Å². The summed E-state index contributed by atoms with van der Waals surface area (Å²) in [6.07, 6.45) is 1.72. The van der Waals surface area contributed by atoms with Gasteiger partial charge in [-0.05, 0) is 48.4 Å². The standard InChI is InChI=1S/C20H28NO4P/c1-5-6-15-25-26(23,19-13-9-17(10-14-19)21(2)3)20(22)16-7-11-18(24-4)12-8-16/h7-14,20,22H,5-6,15H2,1-4H3/t20-,26+/m1/s1. The number of unbranched alkanes of at least 4 members (excludes halogenated alkanes) is 1. The molecule has 2 aromatic carbocycles. The number of hydrogen-bond acceptors (Lipinski definition) is 5. The summed E-state index contributed by atoms with van der Waals surface area (Å²) >= 11 is 0. The van der Waals surface area contributed by atoms with E-state index in [1.807, 2.05) is 38.1 Å². The quantitative estimate of drug-likeness (QED) is 0.525. The second-order valence-corrected chi connectivity index (χ2v) is 8.80. The van der Waals surface area contributed by atoms with Crippen molar-refractivity contribution in [1.82, 2.24) is 0 Å². The van der Waals surface area contributed by atoms with Gasteiger partial charge in [0.15, 0.2) is 5.85 Å². The Labute approximate surface area is 156 Å². The van der Waals surface area contributed by atoms with Crippen molar-refractivity contribution in [3.05, 3.63) is 54.1 Å². The lowest BCUT2D eigenvalue weighted by Gasteiger charge is -2.25.